The van der Waals surface area contributed by atoms with Gasteiger partial charge in [-0.3, -0.25) is 0 Å². The van der Waals surface area contributed by atoms with Gasteiger partial charge in [-0.1, -0.05) is 44.2 Å². The van der Waals surface area contributed by atoms with E-state index in [2.05, 4.69) is 10.6 Å². The number of amides is 2. The van der Waals surface area contributed by atoms with Gasteiger partial charge < -0.3 is 10.6 Å². The quantitative estimate of drug-likeness (QED) is 0.870. The van der Waals surface area contributed by atoms with Crippen molar-refractivity contribution in [3.63, 3.8) is 0 Å². The Kier molecular flexibility index (Phi) is 6.66. The SMILES string of the molecule is C[C@@H](NC(=O)NC1CCCCCCC1)c1ccc(S(C)(=O)=O)cc1. The van der Waals surface area contributed by atoms with E-state index >= 15 is 0 Å². The summed E-state index contributed by atoms with van der Waals surface area (Å²) < 4.78 is 23.0. The van der Waals surface area contributed by atoms with Gasteiger partial charge in [-0.15, -0.1) is 0 Å². The van der Waals surface area contributed by atoms with Gasteiger partial charge in [0.2, 0.25) is 0 Å². The van der Waals surface area contributed by atoms with Crippen LogP contribution in [0.4, 0.5) is 4.79 Å². The molecule has 24 heavy (non-hydrogen) atoms. The monoisotopic (exact) mass is 352 g/mol. The maximum Gasteiger partial charge on any atom is 0.315 e. The van der Waals surface area contributed by atoms with Gasteiger partial charge in [-0.05, 0) is 37.5 Å². The molecule has 1 aliphatic carbocycles. The lowest BCUT2D eigenvalue weighted by molar-refractivity contribution is 0.231. The highest BCUT2D eigenvalue weighted by Crippen LogP contribution is 2.18. The van der Waals surface area contributed by atoms with Crippen LogP contribution in [0.15, 0.2) is 29.2 Å². The minimum Gasteiger partial charge on any atom is -0.335 e. The van der Waals surface area contributed by atoms with Crippen molar-refractivity contribution >= 4 is 15.9 Å². The second-order valence-corrected chi connectivity index (χ2v) is 8.74. The number of rotatable bonds is 4. The number of hydrogen-bond acceptors (Lipinski definition) is 3. The largest absolute Gasteiger partial charge is 0.335 e. The Hall–Kier alpha value is -1.56. The van der Waals surface area contributed by atoms with E-state index < -0.39 is 9.84 Å². The molecule has 0 spiro atoms. The molecule has 1 aliphatic rings. The Morgan fingerprint density at radius 3 is 2.12 bits per heavy atom. The van der Waals surface area contributed by atoms with Crippen molar-refractivity contribution in [2.24, 2.45) is 0 Å². The van der Waals surface area contributed by atoms with Crippen LogP contribution in [0.1, 0.15) is 63.5 Å². The third-order valence-electron chi connectivity index (χ3n) is 4.60. The molecule has 134 valence electrons. The van der Waals surface area contributed by atoms with Crippen molar-refractivity contribution in [1.29, 1.82) is 0 Å². The molecule has 1 fully saturated rings. The lowest BCUT2D eigenvalue weighted by Gasteiger charge is -2.23. The van der Waals surface area contributed by atoms with Crippen molar-refractivity contribution < 1.29 is 13.2 Å². The van der Waals surface area contributed by atoms with Gasteiger partial charge in [0.25, 0.3) is 0 Å². The van der Waals surface area contributed by atoms with Crippen molar-refractivity contribution in [1.82, 2.24) is 10.6 Å². The summed E-state index contributed by atoms with van der Waals surface area (Å²) in [6.45, 7) is 1.90. The highest BCUT2D eigenvalue weighted by molar-refractivity contribution is 7.90. The van der Waals surface area contributed by atoms with E-state index in [1.807, 2.05) is 6.92 Å². The average Bonchev–Trinajstić information content (AvgIpc) is 2.49. The number of nitrogens with one attached hydrogen (secondary N) is 2. The lowest BCUT2D eigenvalue weighted by atomic mass is 9.97. The maximum absolute atomic E-state index is 12.2. The topological polar surface area (TPSA) is 75.3 Å². The molecule has 0 saturated heterocycles. The third kappa shape index (κ3) is 5.82. The third-order valence-corrected chi connectivity index (χ3v) is 5.72. The summed E-state index contributed by atoms with van der Waals surface area (Å²) in [6, 6.07) is 6.58. The van der Waals surface area contributed by atoms with Crippen LogP contribution < -0.4 is 10.6 Å². The van der Waals surface area contributed by atoms with E-state index in [9.17, 15) is 13.2 Å². The van der Waals surface area contributed by atoms with Crippen LogP contribution in [0.25, 0.3) is 0 Å². The molecule has 1 atom stereocenters. The van der Waals surface area contributed by atoms with Gasteiger partial charge in [0, 0.05) is 12.3 Å². The van der Waals surface area contributed by atoms with Gasteiger partial charge in [0.05, 0.1) is 10.9 Å². The summed E-state index contributed by atoms with van der Waals surface area (Å²) in [5, 5.41) is 6.02. The van der Waals surface area contributed by atoms with Crippen molar-refractivity contribution in [3.05, 3.63) is 29.8 Å². The summed E-state index contributed by atoms with van der Waals surface area (Å²) in [7, 11) is -3.19. The zero-order chi connectivity index (χ0) is 17.6. The molecule has 2 rings (SSSR count). The van der Waals surface area contributed by atoms with Crippen LogP contribution in [0.5, 0.6) is 0 Å². The summed E-state index contributed by atoms with van der Waals surface area (Å²) in [5.74, 6) is 0. The highest BCUT2D eigenvalue weighted by atomic mass is 32.2. The van der Waals surface area contributed by atoms with E-state index in [-0.39, 0.29) is 23.0 Å². The van der Waals surface area contributed by atoms with E-state index in [0.717, 1.165) is 18.4 Å². The van der Waals surface area contributed by atoms with Gasteiger partial charge >= 0.3 is 6.03 Å². The van der Waals surface area contributed by atoms with Crippen LogP contribution in [-0.4, -0.2) is 26.7 Å². The summed E-state index contributed by atoms with van der Waals surface area (Å²) in [6.07, 6.45) is 9.44. The first-order chi connectivity index (χ1) is 11.4. The molecule has 1 saturated carbocycles. The Labute approximate surface area is 145 Å². The molecule has 1 aromatic rings. The minimum absolute atomic E-state index is 0.153. The Morgan fingerprint density at radius 1 is 1.04 bits per heavy atom. The number of hydrogen-bond donors (Lipinski definition) is 2. The van der Waals surface area contributed by atoms with Crippen LogP contribution in [0.3, 0.4) is 0 Å². The summed E-state index contributed by atoms with van der Waals surface area (Å²) in [4.78, 5) is 12.5. The first kappa shape index (κ1) is 18.8. The fraction of sp³-hybridized carbons (Fsp3) is 0.611. The summed E-state index contributed by atoms with van der Waals surface area (Å²) >= 11 is 0. The number of carbonyl (C=O) groups is 1. The van der Waals surface area contributed by atoms with Crippen molar-refractivity contribution in [3.8, 4) is 0 Å². The molecule has 0 heterocycles. The normalized spacial score (nSPS) is 18.2. The van der Waals surface area contributed by atoms with Gasteiger partial charge in [0.1, 0.15) is 0 Å². The Morgan fingerprint density at radius 2 is 1.58 bits per heavy atom. The second-order valence-electron chi connectivity index (χ2n) is 6.72. The summed E-state index contributed by atoms with van der Waals surface area (Å²) in [5.41, 5.74) is 0.884. The number of sulfone groups is 1. The number of urea groups is 1. The van der Waals surface area contributed by atoms with Gasteiger partial charge in [-0.2, -0.15) is 0 Å². The van der Waals surface area contributed by atoms with Gasteiger partial charge in [-0.25, -0.2) is 13.2 Å². The highest BCUT2D eigenvalue weighted by Gasteiger charge is 2.16. The first-order valence-electron chi connectivity index (χ1n) is 8.73. The standard InChI is InChI=1S/C18H28N2O3S/c1-14(15-10-12-17(13-11-15)24(2,22)23)19-18(21)20-16-8-6-4-3-5-7-9-16/h10-14,16H,3-9H2,1-2H3,(H2,19,20,21)/t14-/m1/s1. The number of carbonyl (C=O) groups excluding carboxylic acids is 1. The van der Waals surface area contributed by atoms with E-state index in [1.165, 1.54) is 38.4 Å². The van der Waals surface area contributed by atoms with E-state index in [1.54, 1.807) is 24.3 Å². The maximum atomic E-state index is 12.2. The second kappa shape index (κ2) is 8.51. The van der Waals surface area contributed by atoms with Gasteiger partial charge in [0.15, 0.2) is 9.84 Å². The molecule has 0 aromatic heterocycles. The molecule has 5 nitrogen and oxygen atoms in total. The predicted molar refractivity (Wildman–Crippen MR) is 95.7 cm³/mol. The molecule has 0 radical (unpaired) electrons. The van der Waals surface area contributed by atoms with Crippen molar-refractivity contribution in [2.75, 3.05) is 6.26 Å². The van der Waals surface area contributed by atoms with Crippen LogP contribution in [0.2, 0.25) is 0 Å². The fourth-order valence-electron chi connectivity index (χ4n) is 3.11. The zero-order valence-corrected chi connectivity index (χ0v) is 15.4. The van der Waals surface area contributed by atoms with Crippen LogP contribution in [0, 0.1) is 0 Å². The van der Waals surface area contributed by atoms with Crippen LogP contribution in [-0.2, 0) is 9.84 Å². The average molecular weight is 352 g/mol. The molecule has 0 bridgehead atoms. The number of benzene rings is 1. The minimum atomic E-state index is -3.19. The first-order valence-corrected chi connectivity index (χ1v) is 10.6. The van der Waals surface area contributed by atoms with E-state index in [0.29, 0.717) is 0 Å². The fourth-order valence-corrected chi connectivity index (χ4v) is 3.74. The lowest BCUT2D eigenvalue weighted by Crippen LogP contribution is -2.43. The molecular weight excluding hydrogens is 324 g/mol. The molecule has 2 amide bonds. The molecule has 6 heteroatoms. The predicted octanol–water partition coefficient (Wildman–Crippen LogP) is 3.56. The van der Waals surface area contributed by atoms with Crippen LogP contribution >= 0.6 is 0 Å². The van der Waals surface area contributed by atoms with Crippen molar-refractivity contribution in [2.45, 2.75) is 68.8 Å². The molecule has 0 aliphatic heterocycles. The molecular formula is C18H28N2O3S. The smallest absolute Gasteiger partial charge is 0.315 e. The Bertz CT molecular complexity index is 633. The zero-order valence-electron chi connectivity index (χ0n) is 14.5. The molecule has 2 N–H and O–H groups in total. The molecule has 0 unspecified atom stereocenters. The molecule has 1 aromatic carbocycles. The van der Waals surface area contributed by atoms with E-state index in [4.69, 9.17) is 0 Å². The Balaban J connectivity index is 1.88.